The van der Waals surface area contributed by atoms with Crippen LogP contribution < -0.4 is 4.90 Å². The van der Waals surface area contributed by atoms with Crippen molar-refractivity contribution in [2.75, 3.05) is 4.90 Å². The fourth-order valence-electron chi connectivity index (χ4n) is 6.39. The van der Waals surface area contributed by atoms with Crippen molar-refractivity contribution in [3.63, 3.8) is 0 Å². The summed E-state index contributed by atoms with van der Waals surface area (Å²) in [4.78, 5) is 10.8. The summed E-state index contributed by atoms with van der Waals surface area (Å²) in [5, 5.41) is 19.9. The van der Waals surface area contributed by atoms with Crippen LogP contribution in [0.4, 0.5) is 15.8 Å². The average Bonchev–Trinajstić information content (AvgIpc) is 3.35. The molecule has 1 aliphatic heterocycles. The molecule has 0 N–H and O–H groups in total. The molecule has 0 amide bonds. The molecule has 45 heavy (non-hydrogen) atoms. The lowest BCUT2D eigenvalue weighted by molar-refractivity contribution is 0.621. The van der Waals surface area contributed by atoms with Crippen molar-refractivity contribution in [1.82, 2.24) is 9.97 Å². The van der Waals surface area contributed by atoms with Crippen LogP contribution in [0.25, 0.3) is 33.3 Å². The Hall–Kier alpha value is -5.85. The Balaban J connectivity index is 0.000000159. The number of rotatable bonds is 3. The van der Waals surface area contributed by atoms with Gasteiger partial charge in [0.05, 0.1) is 17.1 Å². The molecule has 2 aliphatic rings. The zero-order chi connectivity index (χ0) is 32.0. The smallest absolute Gasteiger partial charge is 0.177 e. The lowest BCUT2D eigenvalue weighted by Crippen LogP contribution is -2.33. The normalized spacial score (nSPS) is 13.6. The van der Waals surface area contributed by atoms with E-state index in [1.165, 1.54) is 34.5 Å². The SMILES string of the molecule is C=CC1=C(C=C)C(C)(C)c2ccccc2N1c1ccc(C)cc1.Cc1ccc2c3c(cc(F)cc13)-c1nc(C#N)c(C#N)nc1-2. The number of anilines is 2. The van der Waals surface area contributed by atoms with Gasteiger partial charge in [-0.2, -0.15) is 10.5 Å². The lowest BCUT2D eigenvalue weighted by atomic mass is 9.73. The molecule has 0 atom stereocenters. The van der Waals surface area contributed by atoms with E-state index in [0.29, 0.717) is 17.0 Å². The van der Waals surface area contributed by atoms with E-state index < -0.39 is 0 Å². The molecular formula is C39H30FN5. The fraction of sp³-hybridized carbons (Fsp3) is 0.128. The second-order valence-corrected chi connectivity index (χ2v) is 11.7. The van der Waals surface area contributed by atoms with Gasteiger partial charge in [0, 0.05) is 33.3 Å². The van der Waals surface area contributed by atoms with E-state index in [1.54, 1.807) is 0 Å². The molecule has 2 heterocycles. The molecule has 0 bridgehead atoms. The molecule has 218 valence electrons. The largest absolute Gasteiger partial charge is 0.310 e. The predicted molar refractivity (Wildman–Crippen MR) is 178 cm³/mol. The topological polar surface area (TPSA) is 76.6 Å². The van der Waals surface area contributed by atoms with Crippen LogP contribution >= 0.6 is 0 Å². The van der Waals surface area contributed by atoms with Crippen molar-refractivity contribution in [2.24, 2.45) is 0 Å². The van der Waals surface area contributed by atoms with Gasteiger partial charge in [-0.1, -0.05) is 81.1 Å². The number of benzene rings is 4. The monoisotopic (exact) mass is 587 g/mol. The number of hydrogen-bond donors (Lipinski definition) is 0. The van der Waals surface area contributed by atoms with E-state index in [4.69, 9.17) is 10.5 Å². The van der Waals surface area contributed by atoms with Crippen molar-refractivity contribution >= 4 is 22.1 Å². The van der Waals surface area contributed by atoms with Crippen LogP contribution in [0, 0.1) is 42.3 Å². The summed E-state index contributed by atoms with van der Waals surface area (Å²) in [6.45, 7) is 16.6. The van der Waals surface area contributed by atoms with Gasteiger partial charge in [0.1, 0.15) is 18.0 Å². The van der Waals surface area contributed by atoms with Gasteiger partial charge in [-0.25, -0.2) is 14.4 Å². The molecule has 7 rings (SSSR count). The molecule has 4 aromatic carbocycles. The first-order valence-electron chi connectivity index (χ1n) is 14.6. The van der Waals surface area contributed by atoms with Crippen LogP contribution in [0.2, 0.25) is 0 Å². The molecule has 6 heteroatoms. The van der Waals surface area contributed by atoms with E-state index in [2.05, 4.69) is 97.3 Å². The molecular weight excluding hydrogens is 557 g/mol. The third kappa shape index (κ3) is 4.60. The number of para-hydroxylation sites is 1. The number of fused-ring (bicyclic) bond motifs is 4. The number of aromatic nitrogens is 2. The molecule has 1 aromatic heterocycles. The maximum Gasteiger partial charge on any atom is 0.177 e. The maximum absolute atomic E-state index is 13.9. The number of aryl methyl sites for hydroxylation is 2. The first kappa shape index (κ1) is 29.2. The van der Waals surface area contributed by atoms with Crippen LogP contribution in [0.3, 0.4) is 0 Å². The minimum absolute atomic E-state index is 0.0109. The Bertz CT molecular complexity index is 2180. The van der Waals surface area contributed by atoms with E-state index >= 15 is 0 Å². The third-order valence-corrected chi connectivity index (χ3v) is 8.61. The molecule has 1 aliphatic carbocycles. The van der Waals surface area contributed by atoms with Crippen LogP contribution in [0.15, 0.2) is 109 Å². The van der Waals surface area contributed by atoms with Crippen molar-refractivity contribution in [3.05, 3.63) is 143 Å². The van der Waals surface area contributed by atoms with Gasteiger partial charge in [-0.15, -0.1) is 0 Å². The van der Waals surface area contributed by atoms with Crippen molar-refractivity contribution in [3.8, 4) is 34.7 Å². The summed E-state index contributed by atoms with van der Waals surface area (Å²) in [6.07, 6.45) is 3.91. The number of hydrogen-bond acceptors (Lipinski definition) is 5. The van der Waals surface area contributed by atoms with Crippen molar-refractivity contribution in [1.29, 1.82) is 10.5 Å². The molecule has 0 radical (unpaired) electrons. The molecule has 5 aromatic rings. The number of allylic oxidation sites excluding steroid dienone is 3. The van der Waals surface area contributed by atoms with Crippen LogP contribution in [0.5, 0.6) is 0 Å². The highest BCUT2D eigenvalue weighted by Gasteiger charge is 2.36. The molecule has 5 nitrogen and oxygen atoms in total. The van der Waals surface area contributed by atoms with Crippen LogP contribution in [-0.4, -0.2) is 9.97 Å². The molecule has 0 fully saturated rings. The standard InChI is InChI=1S/C22H23N.C17H7FN4/c1-6-18-20(7-2)23(17-14-12-16(3)13-15-17)21-11-9-8-10-19(21)22(18,4)5;1-8-2-3-10-15-11(8)4-9(18)5-12(15)17-16(10)21-13(6-19)14(7-20)22-17/h6-15H,1-2H2,3-5H3;2-5H,1H3. The summed E-state index contributed by atoms with van der Waals surface area (Å²) in [6, 6.07) is 27.6. The highest BCUT2D eigenvalue weighted by atomic mass is 19.1. The van der Waals surface area contributed by atoms with Gasteiger partial charge in [0.2, 0.25) is 0 Å². The van der Waals surface area contributed by atoms with Gasteiger partial charge in [0.15, 0.2) is 11.4 Å². The molecule has 0 saturated carbocycles. The number of nitrogens with zero attached hydrogens (tertiary/aromatic N) is 5. The fourth-order valence-corrected chi connectivity index (χ4v) is 6.39. The Morgan fingerprint density at radius 3 is 2.09 bits per heavy atom. The average molecular weight is 588 g/mol. The van der Waals surface area contributed by atoms with Crippen LogP contribution in [0.1, 0.15) is 41.9 Å². The third-order valence-electron chi connectivity index (χ3n) is 8.61. The van der Waals surface area contributed by atoms with Gasteiger partial charge in [0.25, 0.3) is 0 Å². The van der Waals surface area contributed by atoms with Crippen molar-refractivity contribution < 1.29 is 4.39 Å². The predicted octanol–water partition coefficient (Wildman–Crippen LogP) is 9.52. The second kappa shape index (κ2) is 11.0. The Morgan fingerprint density at radius 2 is 1.47 bits per heavy atom. The number of halogens is 1. The first-order valence-corrected chi connectivity index (χ1v) is 14.6. The van der Waals surface area contributed by atoms with Gasteiger partial charge < -0.3 is 4.90 Å². The maximum atomic E-state index is 13.9. The summed E-state index contributed by atoms with van der Waals surface area (Å²) in [5.41, 5.74) is 10.5. The quantitative estimate of drug-likeness (QED) is 0.206. The Morgan fingerprint density at radius 1 is 0.822 bits per heavy atom. The van der Waals surface area contributed by atoms with Gasteiger partial charge in [-0.3, -0.25) is 0 Å². The number of nitriles is 2. The highest BCUT2D eigenvalue weighted by molar-refractivity contribution is 6.14. The zero-order valence-corrected chi connectivity index (χ0v) is 25.6. The summed E-state index contributed by atoms with van der Waals surface area (Å²) in [7, 11) is 0. The van der Waals surface area contributed by atoms with E-state index in [0.717, 1.165) is 33.3 Å². The summed E-state index contributed by atoms with van der Waals surface area (Å²) < 4.78 is 13.9. The van der Waals surface area contributed by atoms with Gasteiger partial charge >= 0.3 is 0 Å². The molecule has 0 saturated heterocycles. The zero-order valence-electron chi connectivity index (χ0n) is 25.6. The van der Waals surface area contributed by atoms with Crippen LogP contribution in [-0.2, 0) is 5.41 Å². The van der Waals surface area contributed by atoms with E-state index in [9.17, 15) is 4.39 Å². The summed E-state index contributed by atoms with van der Waals surface area (Å²) >= 11 is 0. The second-order valence-electron chi connectivity index (χ2n) is 11.7. The van der Waals surface area contributed by atoms with Gasteiger partial charge in [-0.05, 0) is 72.3 Å². The Labute approximate surface area is 262 Å². The molecule has 0 spiro atoms. The van der Waals surface area contributed by atoms with E-state index in [-0.39, 0.29) is 22.6 Å². The Kier molecular flexibility index (Phi) is 7.15. The minimum Gasteiger partial charge on any atom is -0.310 e. The first-order chi connectivity index (χ1) is 21.6. The summed E-state index contributed by atoms with van der Waals surface area (Å²) in [5.74, 6) is -0.361. The van der Waals surface area contributed by atoms with E-state index in [1.807, 2.05) is 43.3 Å². The van der Waals surface area contributed by atoms with Crippen molar-refractivity contribution in [2.45, 2.75) is 33.1 Å². The minimum atomic E-state index is -0.361. The molecule has 0 unspecified atom stereocenters. The lowest BCUT2D eigenvalue weighted by Gasteiger charge is -2.42. The highest BCUT2D eigenvalue weighted by Crippen LogP contribution is 2.49.